The average molecular weight is 283 g/mol. The molecule has 21 heavy (non-hydrogen) atoms. The maximum Gasteiger partial charge on any atom is 0.416 e. The maximum atomic E-state index is 12.2. The number of aromatic amines is 1. The lowest BCUT2D eigenvalue weighted by atomic mass is 10.1. The van der Waals surface area contributed by atoms with Crippen LogP contribution in [0.1, 0.15) is 5.56 Å². The van der Waals surface area contributed by atoms with Gasteiger partial charge in [-0.2, -0.15) is 4.98 Å². The summed E-state index contributed by atoms with van der Waals surface area (Å²) in [4.78, 5) is 31.0. The van der Waals surface area contributed by atoms with E-state index in [-0.39, 0.29) is 5.52 Å². The zero-order valence-electron chi connectivity index (χ0n) is 12.0. The van der Waals surface area contributed by atoms with Gasteiger partial charge in [0.15, 0.2) is 0 Å². The van der Waals surface area contributed by atoms with Gasteiger partial charge in [-0.05, 0) is 12.5 Å². The Morgan fingerprint density at radius 1 is 1.24 bits per heavy atom. The normalized spacial score (nSPS) is 11.0. The van der Waals surface area contributed by atoms with Crippen molar-refractivity contribution in [3.63, 3.8) is 0 Å². The fourth-order valence-electron chi connectivity index (χ4n) is 2.34. The van der Waals surface area contributed by atoms with Gasteiger partial charge in [0.2, 0.25) is 5.52 Å². The minimum Gasteiger partial charge on any atom is -0.266 e. The molecular weight excluding hydrogens is 268 g/mol. The molecule has 1 aromatic carbocycles. The lowest BCUT2D eigenvalue weighted by molar-refractivity contribution is -0.646. The fraction of sp³-hybridized carbons (Fsp3) is 0.200. The van der Waals surface area contributed by atoms with E-state index >= 15 is 0 Å². The SMILES string of the molecule is Cc1ccccc1-c1c[n+](C)c2[nH]c(=O)n(C)c(=O)c2n1. The molecule has 106 valence electrons. The van der Waals surface area contributed by atoms with Crippen LogP contribution < -0.4 is 15.8 Å². The van der Waals surface area contributed by atoms with Crippen molar-refractivity contribution in [1.82, 2.24) is 14.5 Å². The molecule has 3 aromatic rings. The van der Waals surface area contributed by atoms with Gasteiger partial charge in [0, 0.05) is 12.6 Å². The van der Waals surface area contributed by atoms with Gasteiger partial charge in [0.1, 0.15) is 11.9 Å². The molecule has 3 rings (SSSR count). The highest BCUT2D eigenvalue weighted by molar-refractivity contribution is 5.70. The second kappa shape index (κ2) is 4.66. The molecule has 0 aliphatic rings. The van der Waals surface area contributed by atoms with Crippen molar-refractivity contribution in [3.8, 4) is 11.3 Å². The Bertz CT molecular complexity index is 970. The number of nitrogens with one attached hydrogen (secondary N) is 1. The Kier molecular flexibility index (Phi) is 2.94. The number of fused-ring (bicyclic) bond motifs is 1. The summed E-state index contributed by atoms with van der Waals surface area (Å²) in [7, 11) is 3.21. The van der Waals surface area contributed by atoms with Gasteiger partial charge in [-0.3, -0.25) is 4.79 Å². The summed E-state index contributed by atoms with van der Waals surface area (Å²) in [5.74, 6) is 0. The maximum absolute atomic E-state index is 12.2. The van der Waals surface area contributed by atoms with Gasteiger partial charge < -0.3 is 0 Å². The Morgan fingerprint density at radius 3 is 2.67 bits per heavy atom. The summed E-state index contributed by atoms with van der Waals surface area (Å²) in [5.41, 5.74) is 2.55. The standard InChI is InChI=1S/C15H14N4O2/c1-9-6-4-5-7-10(9)11-8-18(2)13-12(16-11)14(20)19(3)15(21)17-13/h4-8H,1-3H3/p+1. The highest BCUT2D eigenvalue weighted by Crippen LogP contribution is 2.20. The highest BCUT2D eigenvalue weighted by Gasteiger charge is 2.17. The van der Waals surface area contributed by atoms with Crippen molar-refractivity contribution in [2.24, 2.45) is 14.1 Å². The number of aromatic nitrogens is 4. The van der Waals surface area contributed by atoms with Gasteiger partial charge in [0.05, 0.1) is 7.05 Å². The third-order valence-electron chi connectivity index (χ3n) is 3.58. The van der Waals surface area contributed by atoms with Crippen LogP contribution >= 0.6 is 0 Å². The zero-order valence-corrected chi connectivity index (χ0v) is 12.0. The molecule has 0 bridgehead atoms. The van der Waals surface area contributed by atoms with Crippen LogP contribution in [0, 0.1) is 6.92 Å². The molecule has 0 saturated heterocycles. The lowest BCUT2D eigenvalue weighted by Gasteiger charge is -2.06. The van der Waals surface area contributed by atoms with E-state index in [9.17, 15) is 9.59 Å². The van der Waals surface area contributed by atoms with Crippen LogP contribution in [0.3, 0.4) is 0 Å². The van der Waals surface area contributed by atoms with Crippen LogP contribution in [0.2, 0.25) is 0 Å². The molecule has 0 radical (unpaired) electrons. The van der Waals surface area contributed by atoms with Crippen LogP contribution in [0.15, 0.2) is 40.1 Å². The van der Waals surface area contributed by atoms with Crippen LogP contribution in [0.25, 0.3) is 22.4 Å². The smallest absolute Gasteiger partial charge is 0.266 e. The average Bonchev–Trinajstić information content (AvgIpc) is 2.46. The predicted octanol–water partition coefficient (Wildman–Crippen LogP) is 0.422. The van der Waals surface area contributed by atoms with Crippen LogP contribution in [-0.2, 0) is 14.1 Å². The minimum absolute atomic E-state index is 0.250. The van der Waals surface area contributed by atoms with Crippen molar-refractivity contribution in [2.75, 3.05) is 0 Å². The molecule has 2 heterocycles. The van der Waals surface area contributed by atoms with E-state index in [2.05, 4.69) is 9.97 Å². The van der Waals surface area contributed by atoms with Gasteiger partial charge in [0.25, 0.3) is 5.56 Å². The zero-order chi connectivity index (χ0) is 15.1. The molecule has 6 heteroatoms. The summed E-state index contributed by atoms with van der Waals surface area (Å²) in [6, 6.07) is 7.83. The lowest BCUT2D eigenvalue weighted by Crippen LogP contribution is -2.40. The molecular formula is C15H15N4O2+. The number of nitrogens with zero attached hydrogens (tertiary/aromatic N) is 3. The third kappa shape index (κ3) is 2.05. The molecule has 2 aromatic heterocycles. The number of rotatable bonds is 1. The van der Waals surface area contributed by atoms with Crippen LogP contribution in [-0.4, -0.2) is 14.5 Å². The summed E-state index contributed by atoms with van der Waals surface area (Å²) in [5, 5.41) is 0. The van der Waals surface area contributed by atoms with E-state index < -0.39 is 11.2 Å². The summed E-state index contributed by atoms with van der Waals surface area (Å²) in [6.45, 7) is 1.99. The quantitative estimate of drug-likeness (QED) is 0.658. The van der Waals surface area contributed by atoms with Crippen molar-refractivity contribution in [2.45, 2.75) is 6.92 Å². The predicted molar refractivity (Wildman–Crippen MR) is 79.0 cm³/mol. The molecule has 0 aliphatic heterocycles. The van der Waals surface area contributed by atoms with E-state index in [1.54, 1.807) is 17.8 Å². The molecule has 6 nitrogen and oxygen atoms in total. The first-order valence-electron chi connectivity index (χ1n) is 6.54. The summed E-state index contributed by atoms with van der Waals surface area (Å²) < 4.78 is 2.74. The van der Waals surface area contributed by atoms with Gasteiger partial charge >= 0.3 is 11.3 Å². The number of H-pyrrole nitrogens is 1. The molecule has 0 amide bonds. The number of aryl methyl sites for hydroxylation is 2. The van der Waals surface area contributed by atoms with Crippen molar-refractivity contribution in [1.29, 1.82) is 0 Å². The fourth-order valence-corrected chi connectivity index (χ4v) is 2.34. The second-order valence-corrected chi connectivity index (χ2v) is 5.04. The monoisotopic (exact) mass is 283 g/mol. The van der Waals surface area contributed by atoms with Crippen molar-refractivity contribution >= 4 is 11.2 Å². The molecule has 0 spiro atoms. The molecule has 0 atom stereocenters. The van der Waals surface area contributed by atoms with Gasteiger partial charge in [-0.1, -0.05) is 24.3 Å². The van der Waals surface area contributed by atoms with E-state index in [4.69, 9.17) is 0 Å². The van der Waals surface area contributed by atoms with E-state index in [0.29, 0.717) is 11.3 Å². The molecule has 0 fully saturated rings. The first-order valence-corrected chi connectivity index (χ1v) is 6.54. The first-order chi connectivity index (χ1) is 9.99. The second-order valence-electron chi connectivity index (χ2n) is 5.04. The number of hydrogen-bond donors (Lipinski definition) is 1. The highest BCUT2D eigenvalue weighted by atomic mass is 16.2. The van der Waals surface area contributed by atoms with E-state index in [1.807, 2.05) is 31.2 Å². The molecule has 1 N–H and O–H groups in total. The largest absolute Gasteiger partial charge is 0.416 e. The van der Waals surface area contributed by atoms with E-state index in [1.165, 1.54) is 7.05 Å². The Morgan fingerprint density at radius 2 is 1.95 bits per heavy atom. The Balaban J connectivity index is 2.42. The van der Waals surface area contributed by atoms with E-state index in [0.717, 1.165) is 15.7 Å². The van der Waals surface area contributed by atoms with Crippen LogP contribution in [0.5, 0.6) is 0 Å². The van der Waals surface area contributed by atoms with Crippen molar-refractivity contribution in [3.05, 3.63) is 56.9 Å². The third-order valence-corrected chi connectivity index (χ3v) is 3.58. The Hall–Kier alpha value is -2.76. The Labute approximate surface area is 120 Å². The topological polar surface area (TPSA) is 71.6 Å². The number of hydrogen-bond acceptors (Lipinski definition) is 3. The summed E-state index contributed by atoms with van der Waals surface area (Å²) in [6.07, 6.45) is 1.81. The molecule has 0 unspecified atom stereocenters. The first kappa shape index (κ1) is 13.2. The number of benzene rings is 1. The van der Waals surface area contributed by atoms with Gasteiger partial charge in [-0.15, -0.1) is 0 Å². The molecule has 0 aliphatic carbocycles. The minimum atomic E-state index is -0.450. The van der Waals surface area contributed by atoms with Crippen LogP contribution in [0.4, 0.5) is 0 Å². The van der Waals surface area contributed by atoms with Crippen molar-refractivity contribution < 1.29 is 4.57 Å². The molecule has 0 saturated carbocycles. The summed E-state index contributed by atoms with van der Waals surface area (Å²) >= 11 is 0. The van der Waals surface area contributed by atoms with Gasteiger partial charge in [-0.25, -0.2) is 18.9 Å².